The number of carbonyl (C=O) groups is 1. The maximum atomic E-state index is 12.2. The van der Waals surface area contributed by atoms with Crippen LogP contribution >= 0.6 is 0 Å². The molecule has 1 aromatic carbocycles. The van der Waals surface area contributed by atoms with E-state index in [1.54, 1.807) is 0 Å². The van der Waals surface area contributed by atoms with Gasteiger partial charge in [-0.05, 0) is 39.7 Å². The van der Waals surface area contributed by atoms with Gasteiger partial charge in [0.05, 0.1) is 5.54 Å². The van der Waals surface area contributed by atoms with E-state index in [4.69, 9.17) is 4.74 Å². The van der Waals surface area contributed by atoms with Crippen LogP contribution < -0.4 is 10.6 Å². The van der Waals surface area contributed by atoms with E-state index in [-0.39, 0.29) is 11.6 Å². The lowest BCUT2D eigenvalue weighted by atomic mass is 9.94. The van der Waals surface area contributed by atoms with Crippen molar-refractivity contribution in [2.75, 3.05) is 6.54 Å². The number of amides is 1. The lowest BCUT2D eigenvalue weighted by Gasteiger charge is -2.32. The van der Waals surface area contributed by atoms with Gasteiger partial charge in [-0.25, -0.2) is 4.79 Å². The van der Waals surface area contributed by atoms with Gasteiger partial charge in [-0.2, -0.15) is 0 Å². The van der Waals surface area contributed by atoms with Crippen molar-refractivity contribution >= 4 is 6.09 Å². The van der Waals surface area contributed by atoms with E-state index in [2.05, 4.69) is 36.6 Å². The van der Waals surface area contributed by atoms with Crippen molar-refractivity contribution in [1.82, 2.24) is 10.6 Å². The molecular weight excluding hydrogens is 300 g/mol. The van der Waals surface area contributed by atoms with Crippen molar-refractivity contribution in [3.63, 3.8) is 0 Å². The highest BCUT2D eigenvalue weighted by Crippen LogP contribution is 2.16. The molecule has 136 valence electrons. The third-order valence-electron chi connectivity index (χ3n) is 3.82. The van der Waals surface area contributed by atoms with Crippen LogP contribution in [0.2, 0.25) is 0 Å². The quantitative estimate of drug-likeness (QED) is 0.647. The van der Waals surface area contributed by atoms with Crippen molar-refractivity contribution in [2.45, 2.75) is 78.0 Å². The molecule has 4 heteroatoms. The topological polar surface area (TPSA) is 50.4 Å². The molecule has 1 unspecified atom stereocenters. The molecule has 1 atom stereocenters. The minimum absolute atomic E-state index is 0.313. The molecule has 0 saturated carbocycles. The molecule has 24 heavy (non-hydrogen) atoms. The highest BCUT2D eigenvalue weighted by Gasteiger charge is 2.28. The van der Waals surface area contributed by atoms with E-state index in [1.807, 2.05) is 39.0 Å². The Morgan fingerprint density at radius 3 is 2.33 bits per heavy atom. The van der Waals surface area contributed by atoms with Gasteiger partial charge < -0.3 is 15.4 Å². The molecule has 0 aliphatic rings. The Hall–Kier alpha value is -1.55. The lowest BCUT2D eigenvalue weighted by Crippen LogP contribution is -2.53. The SMILES string of the molecule is CCCCCC(C)(CNCc1ccccc1)NC(=O)OC(C)(C)C. The summed E-state index contributed by atoms with van der Waals surface area (Å²) in [6.07, 6.45) is 4.02. The van der Waals surface area contributed by atoms with Crippen LogP contribution in [0.15, 0.2) is 30.3 Å². The predicted molar refractivity (Wildman–Crippen MR) is 100 cm³/mol. The van der Waals surface area contributed by atoms with Crippen molar-refractivity contribution < 1.29 is 9.53 Å². The van der Waals surface area contributed by atoms with Crippen LogP contribution in [0.5, 0.6) is 0 Å². The Balaban J connectivity index is 2.58. The monoisotopic (exact) mass is 334 g/mol. The molecule has 0 aliphatic carbocycles. The summed E-state index contributed by atoms with van der Waals surface area (Å²) in [5.74, 6) is 0. The Morgan fingerprint density at radius 1 is 1.08 bits per heavy atom. The van der Waals surface area contributed by atoms with Crippen LogP contribution in [-0.4, -0.2) is 23.8 Å². The van der Waals surface area contributed by atoms with E-state index in [9.17, 15) is 4.79 Å². The van der Waals surface area contributed by atoms with Gasteiger partial charge in [0.15, 0.2) is 0 Å². The second kappa shape index (κ2) is 9.67. The fourth-order valence-electron chi connectivity index (χ4n) is 2.59. The zero-order chi connectivity index (χ0) is 18.1. The van der Waals surface area contributed by atoms with Crippen molar-refractivity contribution in [1.29, 1.82) is 0 Å². The zero-order valence-electron chi connectivity index (χ0n) is 15.9. The van der Waals surface area contributed by atoms with E-state index in [1.165, 1.54) is 18.4 Å². The second-order valence-electron chi connectivity index (χ2n) is 7.73. The number of nitrogens with one attached hydrogen (secondary N) is 2. The van der Waals surface area contributed by atoms with Gasteiger partial charge in [0.25, 0.3) is 0 Å². The molecule has 0 radical (unpaired) electrons. The van der Waals surface area contributed by atoms with E-state index in [0.29, 0.717) is 6.54 Å². The molecule has 1 aromatic rings. The molecule has 1 amide bonds. The molecule has 2 N–H and O–H groups in total. The maximum Gasteiger partial charge on any atom is 0.408 e. The fourth-order valence-corrected chi connectivity index (χ4v) is 2.59. The Labute approximate surface area is 147 Å². The van der Waals surface area contributed by atoms with Crippen molar-refractivity contribution in [3.05, 3.63) is 35.9 Å². The Kier molecular flexibility index (Phi) is 8.26. The molecule has 0 aromatic heterocycles. The molecule has 0 spiro atoms. The van der Waals surface area contributed by atoms with Gasteiger partial charge in [-0.1, -0.05) is 56.5 Å². The predicted octanol–water partition coefficient (Wildman–Crippen LogP) is 4.64. The van der Waals surface area contributed by atoms with Gasteiger partial charge in [-0.3, -0.25) is 0 Å². The molecule has 0 aliphatic heterocycles. The summed E-state index contributed by atoms with van der Waals surface area (Å²) in [6.45, 7) is 11.4. The number of hydrogen-bond acceptors (Lipinski definition) is 3. The Bertz CT molecular complexity index is 482. The van der Waals surface area contributed by atoms with Crippen LogP contribution in [-0.2, 0) is 11.3 Å². The van der Waals surface area contributed by atoms with Gasteiger partial charge >= 0.3 is 6.09 Å². The first-order chi connectivity index (χ1) is 11.2. The fraction of sp³-hybridized carbons (Fsp3) is 0.650. The molecule has 0 heterocycles. The molecule has 4 nitrogen and oxygen atoms in total. The molecule has 1 rings (SSSR count). The highest BCUT2D eigenvalue weighted by atomic mass is 16.6. The van der Waals surface area contributed by atoms with Gasteiger partial charge in [0.2, 0.25) is 0 Å². The number of hydrogen-bond donors (Lipinski definition) is 2. The first-order valence-corrected chi connectivity index (χ1v) is 9.00. The Morgan fingerprint density at radius 2 is 1.75 bits per heavy atom. The standard InChI is InChI=1S/C20H34N2O2/c1-6-7-11-14-20(5,22-18(23)24-19(2,3)4)16-21-15-17-12-9-8-10-13-17/h8-10,12-13,21H,6-7,11,14-16H2,1-5H3,(H,22,23). The number of carbonyl (C=O) groups excluding carboxylic acids is 1. The third kappa shape index (κ3) is 8.92. The van der Waals surface area contributed by atoms with Crippen molar-refractivity contribution in [2.24, 2.45) is 0 Å². The van der Waals surface area contributed by atoms with Crippen LogP contribution in [0.1, 0.15) is 65.9 Å². The number of unbranched alkanes of at least 4 members (excludes halogenated alkanes) is 2. The van der Waals surface area contributed by atoms with Crippen LogP contribution in [0.25, 0.3) is 0 Å². The second-order valence-corrected chi connectivity index (χ2v) is 7.73. The first kappa shape index (κ1) is 20.5. The van der Waals surface area contributed by atoms with Crippen LogP contribution in [0, 0.1) is 0 Å². The van der Waals surface area contributed by atoms with Crippen molar-refractivity contribution in [3.8, 4) is 0 Å². The lowest BCUT2D eigenvalue weighted by molar-refractivity contribution is 0.0456. The minimum Gasteiger partial charge on any atom is -0.444 e. The summed E-state index contributed by atoms with van der Waals surface area (Å²) in [5, 5.41) is 6.54. The van der Waals surface area contributed by atoms with E-state index in [0.717, 1.165) is 19.4 Å². The summed E-state index contributed by atoms with van der Waals surface area (Å²) in [7, 11) is 0. The molecule has 0 bridgehead atoms. The summed E-state index contributed by atoms with van der Waals surface area (Å²) < 4.78 is 5.43. The normalized spacial score (nSPS) is 14.0. The number of rotatable bonds is 9. The zero-order valence-corrected chi connectivity index (χ0v) is 15.9. The van der Waals surface area contributed by atoms with Crippen LogP contribution in [0.3, 0.4) is 0 Å². The average Bonchev–Trinajstić information content (AvgIpc) is 2.46. The first-order valence-electron chi connectivity index (χ1n) is 9.00. The number of benzene rings is 1. The van der Waals surface area contributed by atoms with Gasteiger partial charge in [-0.15, -0.1) is 0 Å². The largest absolute Gasteiger partial charge is 0.444 e. The summed E-state index contributed by atoms with van der Waals surface area (Å²) in [6, 6.07) is 10.3. The smallest absolute Gasteiger partial charge is 0.408 e. The molecule has 0 fully saturated rings. The minimum atomic E-state index is -0.480. The molecule has 0 saturated heterocycles. The van der Waals surface area contributed by atoms with E-state index >= 15 is 0 Å². The third-order valence-corrected chi connectivity index (χ3v) is 3.82. The number of alkyl carbamates (subject to hydrolysis) is 1. The summed E-state index contributed by atoms with van der Waals surface area (Å²) >= 11 is 0. The van der Waals surface area contributed by atoms with E-state index < -0.39 is 5.60 Å². The maximum absolute atomic E-state index is 12.2. The average molecular weight is 335 g/mol. The molecular formula is C20H34N2O2. The summed E-state index contributed by atoms with van der Waals surface area (Å²) in [4.78, 5) is 12.2. The van der Waals surface area contributed by atoms with Gasteiger partial charge in [0, 0.05) is 13.1 Å². The highest BCUT2D eigenvalue weighted by molar-refractivity contribution is 5.68. The number of ether oxygens (including phenoxy) is 1. The van der Waals surface area contributed by atoms with Crippen LogP contribution in [0.4, 0.5) is 4.79 Å². The summed E-state index contributed by atoms with van der Waals surface area (Å²) in [5.41, 5.74) is 0.448. The van der Waals surface area contributed by atoms with Gasteiger partial charge in [0.1, 0.15) is 5.60 Å².